The van der Waals surface area contributed by atoms with E-state index in [2.05, 4.69) is 47.1 Å². The molecule has 176 valence electrons. The summed E-state index contributed by atoms with van der Waals surface area (Å²) < 4.78 is 0. The Hall–Kier alpha value is -1.65. The van der Waals surface area contributed by atoms with Crippen molar-refractivity contribution in [3.8, 4) is 0 Å². The van der Waals surface area contributed by atoms with Gasteiger partial charge in [-0.25, -0.2) is 0 Å². The fourth-order valence-corrected chi connectivity index (χ4v) is 7.84. The highest BCUT2D eigenvalue weighted by Crippen LogP contribution is 2.62. The summed E-state index contributed by atoms with van der Waals surface area (Å²) >= 11 is 3.56. The van der Waals surface area contributed by atoms with Gasteiger partial charge in [0.05, 0.1) is 6.10 Å². The lowest BCUT2D eigenvalue weighted by molar-refractivity contribution is -0.0325. The molecule has 2 aromatic carbocycles. The molecule has 0 heterocycles. The summed E-state index contributed by atoms with van der Waals surface area (Å²) in [6.45, 7) is 2.34. The molecule has 0 radical (unpaired) electrons. The van der Waals surface area contributed by atoms with Crippen LogP contribution in [0.5, 0.6) is 0 Å². The Balaban J connectivity index is 1.36. The summed E-state index contributed by atoms with van der Waals surface area (Å²) in [6, 6.07) is 14.9. The van der Waals surface area contributed by atoms with Crippen molar-refractivity contribution in [3.63, 3.8) is 0 Å². The molecule has 6 atom stereocenters. The molecule has 5 rings (SSSR count). The number of halogens is 1. The third-order valence-electron chi connectivity index (χ3n) is 9.22. The summed E-state index contributed by atoms with van der Waals surface area (Å²) in [7, 11) is 0. The van der Waals surface area contributed by atoms with Crippen LogP contribution in [-0.4, -0.2) is 22.4 Å². The topological polar surface area (TPSA) is 63.3 Å². The van der Waals surface area contributed by atoms with E-state index in [0.717, 1.165) is 36.6 Å². The zero-order valence-electron chi connectivity index (χ0n) is 19.6. The highest BCUT2D eigenvalue weighted by atomic mass is 79.9. The van der Waals surface area contributed by atoms with Gasteiger partial charge in [0.1, 0.15) is 0 Å². The van der Waals surface area contributed by atoms with E-state index in [-0.39, 0.29) is 23.3 Å². The summed E-state index contributed by atoms with van der Waals surface area (Å²) in [5.41, 5.74) is 11.8. The Bertz CT molecular complexity index is 1040. The van der Waals surface area contributed by atoms with Gasteiger partial charge in [-0.1, -0.05) is 53.2 Å². The van der Waals surface area contributed by atoms with Gasteiger partial charge in [0.25, 0.3) is 0 Å². The Labute approximate surface area is 206 Å². The molecule has 0 spiro atoms. The lowest BCUT2D eigenvalue weighted by atomic mass is 9.55. The van der Waals surface area contributed by atoms with Gasteiger partial charge in [-0.3, -0.25) is 4.79 Å². The van der Waals surface area contributed by atoms with Gasteiger partial charge in [-0.05, 0) is 115 Å². The maximum atomic E-state index is 11.6. The van der Waals surface area contributed by atoms with Gasteiger partial charge in [0.2, 0.25) is 5.91 Å². The number of amides is 1. The summed E-state index contributed by atoms with van der Waals surface area (Å²) in [5, 5.41) is 12.6. The molecule has 0 aromatic heterocycles. The number of primary amides is 1. The van der Waals surface area contributed by atoms with Gasteiger partial charge in [-0.15, -0.1) is 0 Å². The van der Waals surface area contributed by atoms with E-state index >= 15 is 0 Å². The number of rotatable bonds is 6. The number of aryl methyl sites for hydroxylation is 2. The molecule has 2 aromatic rings. The average Bonchev–Trinajstić information content (AvgIpc) is 3.07. The fourth-order valence-electron chi connectivity index (χ4n) is 7.56. The number of aliphatic hydroxyl groups is 1. The maximum Gasteiger partial charge on any atom is 0.248 e. The van der Waals surface area contributed by atoms with Crippen molar-refractivity contribution in [1.29, 1.82) is 0 Å². The summed E-state index contributed by atoms with van der Waals surface area (Å²) in [5.74, 6) is 1.73. The molecule has 3 aliphatic carbocycles. The van der Waals surface area contributed by atoms with Gasteiger partial charge in [-0.2, -0.15) is 0 Å². The fraction of sp³-hybridized carbons (Fsp3) is 0.552. The van der Waals surface area contributed by atoms with E-state index in [9.17, 15) is 9.90 Å². The molecule has 0 saturated heterocycles. The van der Waals surface area contributed by atoms with Crippen LogP contribution in [-0.2, 0) is 19.3 Å². The summed E-state index contributed by atoms with van der Waals surface area (Å²) in [4.78, 5) is 11.6. The quantitative estimate of drug-likeness (QED) is 0.483. The lowest BCUT2D eigenvalue weighted by Crippen LogP contribution is -2.44. The lowest BCUT2D eigenvalue weighted by Gasteiger charge is -2.50. The van der Waals surface area contributed by atoms with E-state index in [1.54, 1.807) is 17.2 Å². The number of nitrogens with two attached hydrogens (primary N) is 1. The van der Waals surface area contributed by atoms with E-state index in [4.69, 9.17) is 5.73 Å². The number of aliphatic hydroxyl groups excluding tert-OH is 1. The Morgan fingerprint density at radius 3 is 2.82 bits per heavy atom. The second-order valence-corrected chi connectivity index (χ2v) is 11.8. The minimum Gasteiger partial charge on any atom is -0.392 e. The first-order chi connectivity index (χ1) is 15.9. The average molecular weight is 511 g/mol. The van der Waals surface area contributed by atoms with Crippen molar-refractivity contribution >= 4 is 21.8 Å². The maximum absolute atomic E-state index is 11.6. The zero-order valence-corrected chi connectivity index (χ0v) is 21.2. The minimum absolute atomic E-state index is 0.000447. The Morgan fingerprint density at radius 2 is 2.03 bits per heavy atom. The molecule has 4 heteroatoms. The predicted octanol–water partition coefficient (Wildman–Crippen LogP) is 5.80. The smallest absolute Gasteiger partial charge is 0.248 e. The Morgan fingerprint density at radius 1 is 1.18 bits per heavy atom. The number of carbonyl (C=O) groups is 1. The molecule has 2 saturated carbocycles. The van der Waals surface area contributed by atoms with Crippen molar-refractivity contribution < 1.29 is 9.90 Å². The van der Waals surface area contributed by atoms with Crippen LogP contribution in [0.4, 0.5) is 0 Å². The molecule has 0 bridgehead atoms. The first-order valence-electron chi connectivity index (χ1n) is 12.6. The monoisotopic (exact) mass is 509 g/mol. The van der Waals surface area contributed by atoms with Crippen LogP contribution in [0.3, 0.4) is 0 Å². The molecule has 3 N–H and O–H groups in total. The molecule has 3 nitrogen and oxygen atoms in total. The second-order valence-electron chi connectivity index (χ2n) is 11.0. The number of carbonyl (C=O) groups excluding carboxylic acids is 1. The van der Waals surface area contributed by atoms with E-state index in [1.807, 2.05) is 12.1 Å². The molecule has 2 fully saturated rings. The first kappa shape index (κ1) is 23.1. The third-order valence-corrected chi connectivity index (χ3v) is 9.78. The van der Waals surface area contributed by atoms with Crippen molar-refractivity contribution in [2.24, 2.45) is 28.9 Å². The van der Waals surface area contributed by atoms with Crippen molar-refractivity contribution in [2.75, 3.05) is 5.33 Å². The molecular formula is C29H36BrNO2. The normalized spacial score (nSPS) is 32.6. The second kappa shape index (κ2) is 9.19. The largest absolute Gasteiger partial charge is 0.392 e. The summed E-state index contributed by atoms with van der Waals surface area (Å²) in [6.07, 6.45) is 8.66. The van der Waals surface area contributed by atoms with Gasteiger partial charge >= 0.3 is 0 Å². The highest BCUT2D eigenvalue weighted by Gasteiger charge is 2.57. The number of hydrogen-bond acceptors (Lipinski definition) is 2. The van der Waals surface area contributed by atoms with Crippen molar-refractivity contribution in [1.82, 2.24) is 0 Å². The number of fused-ring (bicyclic) bond motifs is 5. The van der Waals surface area contributed by atoms with Gasteiger partial charge < -0.3 is 10.8 Å². The van der Waals surface area contributed by atoms with Crippen LogP contribution < -0.4 is 5.73 Å². The molecule has 1 amide bonds. The number of alkyl halides is 1. The van der Waals surface area contributed by atoms with Crippen LogP contribution in [0.15, 0.2) is 42.5 Å². The Kier molecular flexibility index (Phi) is 6.43. The van der Waals surface area contributed by atoms with E-state index in [1.165, 1.54) is 31.2 Å². The minimum atomic E-state index is -0.386. The molecule has 3 aliphatic rings. The number of benzene rings is 2. The third kappa shape index (κ3) is 4.18. The van der Waals surface area contributed by atoms with Gasteiger partial charge in [0.15, 0.2) is 0 Å². The number of hydrogen-bond donors (Lipinski definition) is 2. The SMILES string of the molecule is C[C@]12CC[C@@H]3c4ccc(CCCBr)cc4CC[C@H]3[C@@H]1C[C@H](Cc1cccc(C(N)=O)c1)C2O. The van der Waals surface area contributed by atoms with Crippen LogP contribution >= 0.6 is 15.9 Å². The van der Waals surface area contributed by atoms with Crippen LogP contribution in [0, 0.1) is 23.2 Å². The van der Waals surface area contributed by atoms with Crippen LogP contribution in [0.1, 0.15) is 77.6 Å². The first-order valence-corrected chi connectivity index (χ1v) is 13.8. The predicted molar refractivity (Wildman–Crippen MR) is 137 cm³/mol. The van der Waals surface area contributed by atoms with Crippen LogP contribution in [0.25, 0.3) is 0 Å². The molecule has 0 aliphatic heterocycles. The standard InChI is InChI=1S/C29H36BrNO2/c1-29-12-11-24-23-9-7-18(5-3-13-30)14-20(23)8-10-25(24)26(29)17-22(27(29)32)16-19-4-2-6-21(15-19)28(31)33/h2,4,6-7,9,14-15,22,24-27,32H,3,5,8,10-13,16-17H2,1H3,(H2,31,33)/t22-,24+,25+,26-,27?,29-/m0/s1. The molecular weight excluding hydrogens is 474 g/mol. The molecule has 1 unspecified atom stereocenters. The highest BCUT2D eigenvalue weighted by molar-refractivity contribution is 9.09. The van der Waals surface area contributed by atoms with Crippen molar-refractivity contribution in [3.05, 3.63) is 70.3 Å². The molecule has 33 heavy (non-hydrogen) atoms. The van der Waals surface area contributed by atoms with Gasteiger partial charge in [0, 0.05) is 10.9 Å². The van der Waals surface area contributed by atoms with Crippen LogP contribution in [0.2, 0.25) is 0 Å². The van der Waals surface area contributed by atoms with E-state index < -0.39 is 0 Å². The zero-order chi connectivity index (χ0) is 23.2. The van der Waals surface area contributed by atoms with E-state index in [0.29, 0.717) is 23.3 Å². The van der Waals surface area contributed by atoms with Crippen molar-refractivity contribution in [2.45, 2.75) is 70.3 Å².